The van der Waals surface area contributed by atoms with Crippen molar-refractivity contribution >= 4 is 11.6 Å². The predicted octanol–water partition coefficient (Wildman–Crippen LogP) is 5.63. The second kappa shape index (κ2) is 4.77. The van der Waals surface area contributed by atoms with E-state index in [0.29, 0.717) is 0 Å². The molecule has 0 aliphatic carbocycles. The number of nitrogens with zero attached hydrogens (tertiary/aromatic N) is 1. The molecule has 0 aromatic carbocycles. The van der Waals surface area contributed by atoms with Crippen molar-refractivity contribution in [3.05, 3.63) is 28.0 Å². The van der Waals surface area contributed by atoms with E-state index in [1.165, 1.54) is 11.1 Å². The van der Waals surface area contributed by atoms with Gasteiger partial charge in [0.1, 0.15) is 0 Å². The van der Waals surface area contributed by atoms with E-state index in [9.17, 15) is 0 Å². The van der Waals surface area contributed by atoms with E-state index < -0.39 is 0 Å². The maximum atomic E-state index is 6.48. The Kier molecular flexibility index (Phi) is 4.14. The van der Waals surface area contributed by atoms with Crippen LogP contribution in [-0.2, 0) is 16.2 Å². The van der Waals surface area contributed by atoms with Gasteiger partial charge in [0, 0.05) is 17.3 Å². The second-order valence-corrected chi connectivity index (χ2v) is 8.86. The molecule has 0 radical (unpaired) electrons. The molecule has 0 unspecified atom stereocenters. The average Bonchev–Trinajstić information content (AvgIpc) is 2.11. The summed E-state index contributed by atoms with van der Waals surface area (Å²) in [5.74, 6) is 0. The van der Waals surface area contributed by atoms with E-state index in [1.807, 2.05) is 6.20 Å². The molecular weight excluding hydrogens is 254 g/mol. The van der Waals surface area contributed by atoms with Gasteiger partial charge in [-0.3, -0.25) is 4.98 Å². The molecule has 0 atom stereocenters. The fraction of sp³-hybridized carbons (Fsp3) is 0.706. The van der Waals surface area contributed by atoms with Gasteiger partial charge in [-0.15, -0.1) is 0 Å². The first kappa shape index (κ1) is 16.5. The third-order valence-corrected chi connectivity index (χ3v) is 3.53. The first-order valence-electron chi connectivity index (χ1n) is 6.96. The SMILES string of the molecule is CC(C)(C)c1ncc(Cl)c(C(C)(C)C)c1C(C)(C)C. The molecular formula is C17H28ClN. The molecule has 2 heteroatoms. The van der Waals surface area contributed by atoms with Crippen LogP contribution < -0.4 is 0 Å². The maximum absolute atomic E-state index is 6.48. The smallest absolute Gasteiger partial charge is 0.0629 e. The minimum absolute atomic E-state index is 0.0165. The molecule has 1 aromatic rings. The van der Waals surface area contributed by atoms with Crippen molar-refractivity contribution in [1.82, 2.24) is 4.98 Å². The molecule has 1 rings (SSSR count). The summed E-state index contributed by atoms with van der Waals surface area (Å²) < 4.78 is 0. The normalized spacial score (nSPS) is 13.8. The van der Waals surface area contributed by atoms with Crippen molar-refractivity contribution in [3.8, 4) is 0 Å². The lowest BCUT2D eigenvalue weighted by Crippen LogP contribution is -2.29. The van der Waals surface area contributed by atoms with E-state index >= 15 is 0 Å². The molecule has 0 saturated heterocycles. The standard InChI is InChI=1S/C17H28ClN/c1-15(2,3)12-11(18)10-19-14(17(7,8)9)13(12)16(4,5)6/h10H,1-9H3. The molecule has 108 valence electrons. The van der Waals surface area contributed by atoms with E-state index in [-0.39, 0.29) is 16.2 Å². The first-order valence-corrected chi connectivity index (χ1v) is 7.34. The maximum Gasteiger partial charge on any atom is 0.0629 e. The van der Waals surface area contributed by atoms with Crippen molar-refractivity contribution in [2.45, 2.75) is 78.6 Å². The highest BCUT2D eigenvalue weighted by Gasteiger charge is 2.34. The lowest BCUT2D eigenvalue weighted by molar-refractivity contribution is 0.485. The fourth-order valence-corrected chi connectivity index (χ4v) is 2.95. The molecule has 0 saturated carbocycles. The zero-order valence-corrected chi connectivity index (χ0v) is 14.7. The van der Waals surface area contributed by atoms with Crippen molar-refractivity contribution in [1.29, 1.82) is 0 Å². The molecule has 1 aromatic heterocycles. The summed E-state index contributed by atoms with van der Waals surface area (Å²) in [4.78, 5) is 4.66. The van der Waals surface area contributed by atoms with Crippen LogP contribution in [0.25, 0.3) is 0 Å². The summed E-state index contributed by atoms with van der Waals surface area (Å²) in [6.07, 6.45) is 1.82. The van der Waals surface area contributed by atoms with Crippen LogP contribution in [0.5, 0.6) is 0 Å². The van der Waals surface area contributed by atoms with Crippen molar-refractivity contribution < 1.29 is 0 Å². The highest BCUT2D eigenvalue weighted by molar-refractivity contribution is 6.31. The quantitative estimate of drug-likeness (QED) is 0.601. The van der Waals surface area contributed by atoms with Gasteiger partial charge in [0.15, 0.2) is 0 Å². The van der Waals surface area contributed by atoms with Gasteiger partial charge in [-0.25, -0.2) is 0 Å². The summed E-state index contributed by atoms with van der Waals surface area (Å²) in [5, 5.41) is 0.783. The molecule has 0 fully saturated rings. The predicted molar refractivity (Wildman–Crippen MR) is 85.3 cm³/mol. The van der Waals surface area contributed by atoms with Gasteiger partial charge in [0.25, 0.3) is 0 Å². The minimum Gasteiger partial charge on any atom is -0.259 e. The summed E-state index contributed by atoms with van der Waals surface area (Å²) in [5.41, 5.74) is 3.77. The molecule has 0 N–H and O–H groups in total. The van der Waals surface area contributed by atoms with Crippen LogP contribution in [-0.4, -0.2) is 4.98 Å². The van der Waals surface area contributed by atoms with Crippen molar-refractivity contribution in [2.24, 2.45) is 0 Å². The van der Waals surface area contributed by atoms with Crippen LogP contribution in [0.15, 0.2) is 6.20 Å². The topological polar surface area (TPSA) is 12.9 Å². The number of rotatable bonds is 0. The first-order chi connectivity index (χ1) is 8.26. The Hall–Kier alpha value is -0.560. The highest BCUT2D eigenvalue weighted by Crippen LogP contribution is 2.42. The molecule has 0 spiro atoms. The zero-order chi connectivity index (χ0) is 15.2. The van der Waals surface area contributed by atoms with Crippen LogP contribution in [0.4, 0.5) is 0 Å². The zero-order valence-electron chi connectivity index (χ0n) is 13.9. The monoisotopic (exact) mass is 281 g/mol. The molecule has 19 heavy (non-hydrogen) atoms. The van der Waals surface area contributed by atoms with Gasteiger partial charge in [0.2, 0.25) is 0 Å². The fourth-order valence-electron chi connectivity index (χ4n) is 2.52. The van der Waals surface area contributed by atoms with Crippen LogP contribution in [0.2, 0.25) is 5.02 Å². The Balaban J connectivity index is 3.82. The molecule has 1 nitrogen and oxygen atoms in total. The third kappa shape index (κ3) is 3.51. The molecule has 1 heterocycles. The lowest BCUT2D eigenvalue weighted by Gasteiger charge is -2.35. The average molecular weight is 282 g/mol. The van der Waals surface area contributed by atoms with E-state index in [4.69, 9.17) is 11.6 Å². The van der Waals surface area contributed by atoms with Gasteiger partial charge in [0.05, 0.1) is 5.02 Å². The Morgan fingerprint density at radius 1 is 0.737 bits per heavy atom. The van der Waals surface area contributed by atoms with Crippen LogP contribution in [0, 0.1) is 0 Å². The van der Waals surface area contributed by atoms with Gasteiger partial charge in [-0.2, -0.15) is 0 Å². The number of aromatic nitrogens is 1. The van der Waals surface area contributed by atoms with Crippen molar-refractivity contribution in [3.63, 3.8) is 0 Å². The van der Waals surface area contributed by atoms with Crippen molar-refractivity contribution in [2.75, 3.05) is 0 Å². The molecule has 0 aliphatic rings. The second-order valence-electron chi connectivity index (χ2n) is 8.45. The van der Waals surface area contributed by atoms with E-state index in [0.717, 1.165) is 10.7 Å². The summed E-state index contributed by atoms with van der Waals surface area (Å²) in [6, 6.07) is 0. The van der Waals surface area contributed by atoms with E-state index in [1.54, 1.807) is 0 Å². The summed E-state index contributed by atoms with van der Waals surface area (Å²) in [6.45, 7) is 20.0. The molecule has 0 bridgehead atoms. The number of hydrogen-bond donors (Lipinski definition) is 0. The minimum atomic E-state index is 0.0165. The lowest BCUT2D eigenvalue weighted by atomic mass is 9.71. The Morgan fingerprint density at radius 3 is 1.47 bits per heavy atom. The number of hydrogen-bond acceptors (Lipinski definition) is 1. The largest absolute Gasteiger partial charge is 0.259 e. The Labute approximate surface area is 123 Å². The summed E-state index contributed by atoms with van der Waals surface area (Å²) >= 11 is 6.48. The molecule has 0 amide bonds. The summed E-state index contributed by atoms with van der Waals surface area (Å²) in [7, 11) is 0. The third-order valence-electron chi connectivity index (χ3n) is 3.24. The number of pyridine rings is 1. The van der Waals surface area contributed by atoms with Crippen LogP contribution in [0.3, 0.4) is 0 Å². The Morgan fingerprint density at radius 2 is 1.16 bits per heavy atom. The van der Waals surface area contributed by atoms with Gasteiger partial charge in [-0.05, 0) is 22.0 Å². The van der Waals surface area contributed by atoms with Gasteiger partial charge in [-0.1, -0.05) is 73.9 Å². The van der Waals surface area contributed by atoms with Gasteiger partial charge >= 0.3 is 0 Å². The molecule has 0 aliphatic heterocycles. The highest BCUT2D eigenvalue weighted by atomic mass is 35.5. The van der Waals surface area contributed by atoms with E-state index in [2.05, 4.69) is 67.3 Å². The van der Waals surface area contributed by atoms with Gasteiger partial charge < -0.3 is 0 Å². The van der Waals surface area contributed by atoms with Crippen LogP contribution >= 0.6 is 11.6 Å². The number of halogens is 1. The Bertz CT molecular complexity index is 468. The van der Waals surface area contributed by atoms with Crippen LogP contribution in [0.1, 0.15) is 79.1 Å².